The van der Waals surface area contributed by atoms with Crippen LogP contribution >= 0.6 is 0 Å². The van der Waals surface area contributed by atoms with E-state index in [0.29, 0.717) is 11.4 Å². The molecule has 0 radical (unpaired) electrons. The molecule has 0 aliphatic rings. The Labute approximate surface area is 118 Å². The molecule has 1 heterocycles. The van der Waals surface area contributed by atoms with Crippen molar-refractivity contribution in [3.05, 3.63) is 47.8 Å². The fourth-order valence-electron chi connectivity index (χ4n) is 1.84. The summed E-state index contributed by atoms with van der Waals surface area (Å²) in [6.07, 6.45) is 1.55. The SMILES string of the molecule is CNC(=O)c1cc(Oc2ccc(NC)c(C)c2)ccn1. The van der Waals surface area contributed by atoms with Gasteiger partial charge in [0.15, 0.2) is 0 Å². The van der Waals surface area contributed by atoms with Crippen LogP contribution in [0.15, 0.2) is 36.5 Å². The van der Waals surface area contributed by atoms with Gasteiger partial charge >= 0.3 is 0 Å². The molecule has 0 fully saturated rings. The van der Waals surface area contributed by atoms with Gasteiger partial charge in [-0.2, -0.15) is 0 Å². The normalized spacial score (nSPS) is 9.95. The summed E-state index contributed by atoms with van der Waals surface area (Å²) in [6.45, 7) is 2.00. The van der Waals surface area contributed by atoms with Gasteiger partial charge in [0.1, 0.15) is 17.2 Å². The molecule has 2 N–H and O–H groups in total. The van der Waals surface area contributed by atoms with E-state index in [0.717, 1.165) is 17.0 Å². The molecule has 0 aliphatic heterocycles. The summed E-state index contributed by atoms with van der Waals surface area (Å²) in [5, 5.41) is 5.63. The Hall–Kier alpha value is -2.56. The highest BCUT2D eigenvalue weighted by molar-refractivity contribution is 5.92. The minimum Gasteiger partial charge on any atom is -0.457 e. The first-order chi connectivity index (χ1) is 9.63. The largest absolute Gasteiger partial charge is 0.457 e. The van der Waals surface area contributed by atoms with Crippen LogP contribution in [0.5, 0.6) is 11.5 Å². The van der Waals surface area contributed by atoms with Gasteiger partial charge in [0, 0.05) is 32.0 Å². The molecule has 5 heteroatoms. The minimum atomic E-state index is -0.239. The number of nitrogens with one attached hydrogen (secondary N) is 2. The Morgan fingerprint density at radius 3 is 2.55 bits per heavy atom. The second-order valence-electron chi connectivity index (χ2n) is 4.28. The molecule has 0 aliphatic carbocycles. The van der Waals surface area contributed by atoms with E-state index in [1.165, 1.54) is 0 Å². The van der Waals surface area contributed by atoms with Crippen molar-refractivity contribution in [1.82, 2.24) is 10.3 Å². The van der Waals surface area contributed by atoms with Crippen LogP contribution in [-0.4, -0.2) is 25.0 Å². The molecule has 2 rings (SSSR count). The molecule has 1 aromatic carbocycles. The van der Waals surface area contributed by atoms with Crippen molar-refractivity contribution in [2.24, 2.45) is 0 Å². The minimum absolute atomic E-state index is 0.239. The predicted molar refractivity (Wildman–Crippen MR) is 78.4 cm³/mol. The van der Waals surface area contributed by atoms with Gasteiger partial charge in [0.05, 0.1) is 0 Å². The Morgan fingerprint density at radius 1 is 1.15 bits per heavy atom. The molecule has 1 amide bonds. The average molecular weight is 271 g/mol. The van der Waals surface area contributed by atoms with Gasteiger partial charge < -0.3 is 15.4 Å². The van der Waals surface area contributed by atoms with E-state index in [4.69, 9.17) is 4.74 Å². The predicted octanol–water partition coefficient (Wildman–Crippen LogP) is 2.58. The highest BCUT2D eigenvalue weighted by Gasteiger charge is 2.07. The zero-order chi connectivity index (χ0) is 14.5. The second-order valence-corrected chi connectivity index (χ2v) is 4.28. The number of nitrogens with zero attached hydrogens (tertiary/aromatic N) is 1. The number of carbonyl (C=O) groups is 1. The van der Waals surface area contributed by atoms with E-state index in [1.807, 2.05) is 32.2 Å². The number of hydrogen-bond donors (Lipinski definition) is 2. The smallest absolute Gasteiger partial charge is 0.269 e. The van der Waals surface area contributed by atoms with Crippen molar-refractivity contribution < 1.29 is 9.53 Å². The third-order valence-electron chi connectivity index (χ3n) is 2.89. The van der Waals surface area contributed by atoms with Crippen molar-refractivity contribution in [1.29, 1.82) is 0 Å². The van der Waals surface area contributed by atoms with Crippen LogP contribution in [0.4, 0.5) is 5.69 Å². The van der Waals surface area contributed by atoms with E-state index in [9.17, 15) is 4.79 Å². The summed E-state index contributed by atoms with van der Waals surface area (Å²) in [7, 11) is 3.44. The summed E-state index contributed by atoms with van der Waals surface area (Å²) < 4.78 is 5.75. The maximum atomic E-state index is 11.5. The monoisotopic (exact) mass is 271 g/mol. The summed E-state index contributed by atoms with van der Waals surface area (Å²) in [5.41, 5.74) is 2.47. The lowest BCUT2D eigenvalue weighted by Crippen LogP contribution is -2.18. The fraction of sp³-hybridized carbons (Fsp3) is 0.200. The first-order valence-electron chi connectivity index (χ1n) is 6.28. The van der Waals surface area contributed by atoms with Gasteiger partial charge in [-0.05, 0) is 36.8 Å². The Bertz CT molecular complexity index is 626. The van der Waals surface area contributed by atoms with Crippen LogP contribution in [-0.2, 0) is 0 Å². The molecule has 0 bridgehead atoms. The molecular weight excluding hydrogens is 254 g/mol. The number of aromatic nitrogens is 1. The molecule has 2 aromatic rings. The van der Waals surface area contributed by atoms with Crippen LogP contribution < -0.4 is 15.4 Å². The zero-order valence-corrected chi connectivity index (χ0v) is 11.7. The summed E-state index contributed by atoms with van der Waals surface area (Å²) in [4.78, 5) is 15.5. The molecule has 5 nitrogen and oxygen atoms in total. The summed E-state index contributed by atoms with van der Waals surface area (Å²) in [5.74, 6) is 1.06. The molecule has 0 spiro atoms. The van der Waals surface area contributed by atoms with Crippen molar-refractivity contribution in [2.45, 2.75) is 6.92 Å². The topological polar surface area (TPSA) is 63.2 Å². The lowest BCUT2D eigenvalue weighted by molar-refractivity contribution is 0.0958. The average Bonchev–Trinajstić information content (AvgIpc) is 2.47. The fourth-order valence-corrected chi connectivity index (χ4v) is 1.84. The first kappa shape index (κ1) is 13.9. The van der Waals surface area contributed by atoms with Gasteiger partial charge in [-0.3, -0.25) is 9.78 Å². The third-order valence-corrected chi connectivity index (χ3v) is 2.89. The number of hydrogen-bond acceptors (Lipinski definition) is 4. The van der Waals surface area contributed by atoms with E-state index in [-0.39, 0.29) is 5.91 Å². The maximum Gasteiger partial charge on any atom is 0.269 e. The van der Waals surface area contributed by atoms with Crippen molar-refractivity contribution in [3.8, 4) is 11.5 Å². The summed E-state index contributed by atoms with van der Waals surface area (Å²) in [6, 6.07) is 9.09. The van der Waals surface area contributed by atoms with E-state index in [2.05, 4.69) is 15.6 Å². The molecular formula is C15H17N3O2. The molecule has 0 saturated carbocycles. The van der Waals surface area contributed by atoms with Crippen LogP contribution in [0.3, 0.4) is 0 Å². The van der Waals surface area contributed by atoms with Crippen LogP contribution in [0.1, 0.15) is 16.1 Å². The van der Waals surface area contributed by atoms with E-state index in [1.54, 1.807) is 25.4 Å². The maximum absolute atomic E-state index is 11.5. The van der Waals surface area contributed by atoms with Crippen molar-refractivity contribution >= 4 is 11.6 Å². The standard InChI is InChI=1S/C15H17N3O2/c1-10-8-11(4-5-13(10)16-2)20-12-6-7-18-14(9-12)15(19)17-3/h4-9,16H,1-3H3,(H,17,19). The lowest BCUT2D eigenvalue weighted by atomic mass is 10.2. The molecule has 20 heavy (non-hydrogen) atoms. The first-order valence-corrected chi connectivity index (χ1v) is 6.28. The molecule has 0 atom stereocenters. The van der Waals surface area contributed by atoms with Gasteiger partial charge in [-0.1, -0.05) is 0 Å². The number of amides is 1. The van der Waals surface area contributed by atoms with E-state index < -0.39 is 0 Å². The number of ether oxygens (including phenoxy) is 1. The lowest BCUT2D eigenvalue weighted by Gasteiger charge is -2.10. The number of benzene rings is 1. The van der Waals surface area contributed by atoms with Crippen molar-refractivity contribution in [2.75, 3.05) is 19.4 Å². The Balaban J connectivity index is 2.21. The number of anilines is 1. The number of rotatable bonds is 4. The van der Waals surface area contributed by atoms with E-state index >= 15 is 0 Å². The number of carbonyl (C=O) groups excluding carboxylic acids is 1. The number of aryl methyl sites for hydroxylation is 1. The highest BCUT2D eigenvalue weighted by atomic mass is 16.5. The summed E-state index contributed by atoms with van der Waals surface area (Å²) >= 11 is 0. The Morgan fingerprint density at radius 2 is 1.90 bits per heavy atom. The van der Waals surface area contributed by atoms with Crippen LogP contribution in [0.25, 0.3) is 0 Å². The molecule has 0 unspecified atom stereocenters. The molecule has 104 valence electrons. The third kappa shape index (κ3) is 3.06. The molecule has 0 saturated heterocycles. The van der Waals surface area contributed by atoms with Gasteiger partial charge in [0.25, 0.3) is 5.91 Å². The highest BCUT2D eigenvalue weighted by Crippen LogP contribution is 2.25. The zero-order valence-electron chi connectivity index (χ0n) is 11.7. The van der Waals surface area contributed by atoms with Crippen molar-refractivity contribution in [3.63, 3.8) is 0 Å². The van der Waals surface area contributed by atoms with Gasteiger partial charge in [-0.15, -0.1) is 0 Å². The van der Waals surface area contributed by atoms with Crippen LogP contribution in [0, 0.1) is 6.92 Å². The van der Waals surface area contributed by atoms with Gasteiger partial charge in [-0.25, -0.2) is 0 Å². The molecule has 1 aromatic heterocycles. The number of pyridine rings is 1. The second kappa shape index (κ2) is 6.06. The quantitative estimate of drug-likeness (QED) is 0.897. The van der Waals surface area contributed by atoms with Gasteiger partial charge in [0.2, 0.25) is 0 Å². The van der Waals surface area contributed by atoms with Crippen LogP contribution in [0.2, 0.25) is 0 Å². The Kier molecular flexibility index (Phi) is 4.20.